The van der Waals surface area contributed by atoms with Gasteiger partial charge >= 0.3 is 0 Å². The summed E-state index contributed by atoms with van der Waals surface area (Å²) < 4.78 is 24.0. The maximum absolute atomic E-state index is 13.5. The summed E-state index contributed by atoms with van der Waals surface area (Å²) in [7, 11) is 1.55. The second-order valence-corrected chi connectivity index (χ2v) is 4.58. The van der Waals surface area contributed by atoms with E-state index in [0.29, 0.717) is 25.4 Å². The first-order valence-electron chi connectivity index (χ1n) is 5.99. The number of halogens is 1. The van der Waals surface area contributed by atoms with Crippen LogP contribution >= 0.6 is 0 Å². The van der Waals surface area contributed by atoms with E-state index in [1.165, 1.54) is 12.1 Å². The van der Waals surface area contributed by atoms with Crippen molar-refractivity contribution >= 4 is 0 Å². The average molecular weight is 249 g/mol. The van der Waals surface area contributed by atoms with E-state index in [4.69, 9.17) is 9.47 Å². The zero-order valence-electron chi connectivity index (χ0n) is 10.6. The Bertz CT molecular complexity index is 477. The predicted molar refractivity (Wildman–Crippen MR) is 64.8 cm³/mol. The molecule has 96 valence electrons. The van der Waals surface area contributed by atoms with Gasteiger partial charge in [0.25, 0.3) is 0 Å². The van der Waals surface area contributed by atoms with Crippen molar-refractivity contribution in [3.8, 4) is 11.8 Å². The predicted octanol–water partition coefficient (Wildman–Crippen LogP) is 2.65. The molecule has 0 amide bonds. The van der Waals surface area contributed by atoms with Crippen LogP contribution in [0.3, 0.4) is 0 Å². The molecule has 3 nitrogen and oxygen atoms in total. The first kappa shape index (κ1) is 12.8. The molecule has 18 heavy (non-hydrogen) atoms. The van der Waals surface area contributed by atoms with Crippen molar-refractivity contribution in [1.29, 1.82) is 5.26 Å². The number of nitrogens with zero attached hydrogens (tertiary/aromatic N) is 1. The zero-order chi connectivity index (χ0) is 13.2. The van der Waals surface area contributed by atoms with Gasteiger partial charge in [-0.05, 0) is 24.6 Å². The zero-order valence-corrected chi connectivity index (χ0v) is 10.6. The number of methoxy groups -OCH3 is 1. The third kappa shape index (κ3) is 1.85. The van der Waals surface area contributed by atoms with Gasteiger partial charge < -0.3 is 9.47 Å². The molecule has 1 aromatic rings. The molecule has 2 rings (SSSR count). The molecule has 1 aromatic carbocycles. The van der Waals surface area contributed by atoms with Crippen LogP contribution in [-0.2, 0) is 10.2 Å². The summed E-state index contributed by atoms with van der Waals surface area (Å²) in [6.07, 6.45) is 0.708. The summed E-state index contributed by atoms with van der Waals surface area (Å²) in [5.41, 5.74) is 0.307. The van der Waals surface area contributed by atoms with Gasteiger partial charge in [-0.1, -0.05) is 6.92 Å². The van der Waals surface area contributed by atoms with Gasteiger partial charge in [-0.15, -0.1) is 0 Å². The van der Waals surface area contributed by atoms with Crippen molar-refractivity contribution in [3.63, 3.8) is 0 Å². The third-order valence-corrected chi connectivity index (χ3v) is 3.65. The van der Waals surface area contributed by atoms with Crippen LogP contribution in [-0.4, -0.2) is 20.3 Å². The smallest absolute Gasteiger partial charge is 0.123 e. The van der Waals surface area contributed by atoms with Crippen LogP contribution in [0.5, 0.6) is 5.75 Å². The topological polar surface area (TPSA) is 42.2 Å². The molecular formula is C14H16FNO2. The van der Waals surface area contributed by atoms with Gasteiger partial charge in [0.15, 0.2) is 0 Å². The van der Waals surface area contributed by atoms with Crippen LogP contribution < -0.4 is 4.74 Å². The molecule has 0 radical (unpaired) electrons. The highest BCUT2D eigenvalue weighted by Gasteiger charge is 2.48. The maximum Gasteiger partial charge on any atom is 0.123 e. The number of ether oxygens (including phenoxy) is 2. The fourth-order valence-corrected chi connectivity index (χ4v) is 2.54. The van der Waals surface area contributed by atoms with Gasteiger partial charge in [-0.25, -0.2) is 4.39 Å². The monoisotopic (exact) mass is 249 g/mol. The van der Waals surface area contributed by atoms with Gasteiger partial charge in [0, 0.05) is 5.56 Å². The van der Waals surface area contributed by atoms with Gasteiger partial charge in [0.05, 0.1) is 37.7 Å². The van der Waals surface area contributed by atoms with E-state index in [0.717, 1.165) is 5.56 Å². The molecule has 1 saturated heterocycles. The fraction of sp³-hybridized carbons (Fsp3) is 0.500. The van der Waals surface area contributed by atoms with E-state index in [9.17, 15) is 9.65 Å². The van der Waals surface area contributed by atoms with Crippen LogP contribution in [0, 0.1) is 23.1 Å². The molecule has 1 fully saturated rings. The quantitative estimate of drug-likeness (QED) is 0.823. The van der Waals surface area contributed by atoms with E-state index >= 15 is 0 Å². The summed E-state index contributed by atoms with van der Waals surface area (Å²) in [5, 5.41) is 9.28. The van der Waals surface area contributed by atoms with E-state index in [2.05, 4.69) is 6.07 Å². The Labute approximate surface area is 106 Å². The van der Waals surface area contributed by atoms with E-state index in [1.54, 1.807) is 13.2 Å². The first-order chi connectivity index (χ1) is 8.67. The molecule has 0 aliphatic carbocycles. The highest BCUT2D eigenvalue weighted by molar-refractivity contribution is 5.43. The van der Waals surface area contributed by atoms with Gasteiger partial charge in [-0.3, -0.25) is 0 Å². The Kier molecular flexibility index (Phi) is 3.53. The second kappa shape index (κ2) is 4.95. The van der Waals surface area contributed by atoms with E-state index in [-0.39, 0.29) is 11.7 Å². The molecular weight excluding hydrogens is 233 g/mol. The molecule has 1 unspecified atom stereocenters. The number of hydrogen-bond donors (Lipinski definition) is 0. The lowest BCUT2D eigenvalue weighted by atomic mass is 9.68. The standard InChI is InChI=1S/C14H16FNO2/c1-3-10(7-16)14(8-18-9-14)12-6-11(15)4-5-13(12)17-2/h4-6,10H,3,8-9H2,1-2H3. The summed E-state index contributed by atoms with van der Waals surface area (Å²) >= 11 is 0. The van der Waals surface area contributed by atoms with Crippen molar-refractivity contribution in [2.45, 2.75) is 18.8 Å². The lowest BCUT2D eigenvalue weighted by molar-refractivity contribution is -0.0814. The van der Waals surface area contributed by atoms with Crippen molar-refractivity contribution < 1.29 is 13.9 Å². The van der Waals surface area contributed by atoms with Crippen LogP contribution in [0.15, 0.2) is 18.2 Å². The number of rotatable bonds is 4. The Morgan fingerprint density at radius 1 is 1.56 bits per heavy atom. The molecule has 1 aliphatic rings. The van der Waals surface area contributed by atoms with Crippen molar-refractivity contribution in [2.75, 3.05) is 20.3 Å². The molecule has 0 aromatic heterocycles. The molecule has 1 aliphatic heterocycles. The molecule has 0 spiro atoms. The second-order valence-electron chi connectivity index (χ2n) is 4.58. The van der Waals surface area contributed by atoms with Gasteiger partial charge in [-0.2, -0.15) is 5.26 Å². The lowest BCUT2D eigenvalue weighted by Gasteiger charge is -2.45. The van der Waals surface area contributed by atoms with Crippen LogP contribution in [0.4, 0.5) is 4.39 Å². The molecule has 1 atom stereocenters. The fourth-order valence-electron chi connectivity index (χ4n) is 2.54. The average Bonchev–Trinajstić information content (AvgIpc) is 2.33. The minimum Gasteiger partial charge on any atom is -0.496 e. The number of hydrogen-bond acceptors (Lipinski definition) is 3. The lowest BCUT2D eigenvalue weighted by Crippen LogP contribution is -2.52. The van der Waals surface area contributed by atoms with E-state index < -0.39 is 5.41 Å². The number of benzene rings is 1. The minimum absolute atomic E-state index is 0.193. The third-order valence-electron chi connectivity index (χ3n) is 3.65. The Morgan fingerprint density at radius 2 is 2.28 bits per heavy atom. The molecule has 0 bridgehead atoms. The normalized spacial score (nSPS) is 18.6. The molecule has 0 saturated carbocycles. The van der Waals surface area contributed by atoms with Gasteiger partial charge in [0.2, 0.25) is 0 Å². The van der Waals surface area contributed by atoms with Crippen LogP contribution in [0.1, 0.15) is 18.9 Å². The Hall–Kier alpha value is -1.60. The maximum atomic E-state index is 13.5. The Morgan fingerprint density at radius 3 is 2.72 bits per heavy atom. The summed E-state index contributed by atoms with van der Waals surface area (Å²) in [5.74, 6) is 0.111. The van der Waals surface area contributed by atoms with Crippen molar-refractivity contribution in [3.05, 3.63) is 29.6 Å². The highest BCUT2D eigenvalue weighted by Crippen LogP contribution is 2.44. The highest BCUT2D eigenvalue weighted by atomic mass is 19.1. The van der Waals surface area contributed by atoms with Gasteiger partial charge in [0.1, 0.15) is 11.6 Å². The summed E-state index contributed by atoms with van der Waals surface area (Å²) in [6.45, 7) is 2.84. The molecule has 4 heteroatoms. The molecule has 0 N–H and O–H groups in total. The van der Waals surface area contributed by atoms with Crippen molar-refractivity contribution in [1.82, 2.24) is 0 Å². The van der Waals surface area contributed by atoms with Crippen LogP contribution in [0.2, 0.25) is 0 Å². The van der Waals surface area contributed by atoms with Crippen molar-refractivity contribution in [2.24, 2.45) is 5.92 Å². The van der Waals surface area contributed by atoms with E-state index in [1.807, 2.05) is 6.92 Å². The SMILES string of the molecule is CCC(C#N)C1(c2cc(F)ccc2OC)COC1. The minimum atomic E-state index is -0.434. The summed E-state index contributed by atoms with van der Waals surface area (Å²) in [4.78, 5) is 0. The Balaban J connectivity index is 2.51. The molecule has 1 heterocycles. The first-order valence-corrected chi connectivity index (χ1v) is 5.99. The summed E-state index contributed by atoms with van der Waals surface area (Å²) in [6, 6.07) is 6.74. The number of nitriles is 1. The largest absolute Gasteiger partial charge is 0.496 e. The van der Waals surface area contributed by atoms with Crippen LogP contribution in [0.25, 0.3) is 0 Å².